The predicted molar refractivity (Wildman–Crippen MR) is 181 cm³/mol. The van der Waals surface area contributed by atoms with Gasteiger partial charge < -0.3 is 25.2 Å². The number of aliphatic hydroxyl groups is 1. The van der Waals surface area contributed by atoms with Crippen LogP contribution in [-0.4, -0.2) is 48.4 Å². The minimum Gasteiger partial charge on any atom is -0.450 e. The molecule has 8 nitrogen and oxygen atoms in total. The number of ketones is 1. The van der Waals surface area contributed by atoms with Gasteiger partial charge in [0.15, 0.2) is 0 Å². The molecule has 7 atom stereocenters. The van der Waals surface area contributed by atoms with Crippen molar-refractivity contribution in [3.63, 3.8) is 0 Å². The van der Waals surface area contributed by atoms with Crippen molar-refractivity contribution in [3.05, 3.63) is 35.9 Å². The van der Waals surface area contributed by atoms with Crippen molar-refractivity contribution in [2.75, 3.05) is 19.7 Å². The molecule has 1 aromatic carbocycles. The summed E-state index contributed by atoms with van der Waals surface area (Å²) in [6, 6.07) is 9.59. The van der Waals surface area contributed by atoms with Crippen molar-refractivity contribution in [2.24, 2.45) is 34.5 Å². The summed E-state index contributed by atoms with van der Waals surface area (Å²) in [6.07, 6.45) is 12.8. The minimum absolute atomic E-state index is 0.184. The van der Waals surface area contributed by atoms with Crippen LogP contribution in [0.25, 0.3) is 0 Å². The number of hydrogen-bond acceptors (Lipinski definition) is 6. The minimum atomic E-state index is -0.955. The maximum Gasteiger partial charge on any atom is 0.407 e. The van der Waals surface area contributed by atoms with E-state index in [1.54, 1.807) is 0 Å². The summed E-state index contributed by atoms with van der Waals surface area (Å²) in [5.74, 6) is 9.34. The lowest BCUT2D eigenvalue weighted by atomic mass is 9.44. The first-order valence-electron chi connectivity index (χ1n) is 18.2. The number of carbonyl (C=O) groups excluding carboxylic acids is 3. The normalized spacial score (nSPS) is 32.5. The zero-order valence-corrected chi connectivity index (χ0v) is 28.6. The highest BCUT2D eigenvalue weighted by atomic mass is 16.6. The van der Waals surface area contributed by atoms with E-state index in [1.807, 2.05) is 30.3 Å². The molecule has 4 saturated carbocycles. The van der Waals surface area contributed by atoms with Gasteiger partial charge >= 0.3 is 12.2 Å². The number of hydrogen-bond donors (Lipinski definition) is 3. The van der Waals surface area contributed by atoms with Crippen LogP contribution in [0.15, 0.2) is 30.3 Å². The Hall–Kier alpha value is -3.05. The van der Waals surface area contributed by atoms with E-state index in [4.69, 9.17) is 9.47 Å². The maximum absolute atomic E-state index is 12.2. The fourth-order valence-electron chi connectivity index (χ4n) is 9.61. The molecule has 0 radical (unpaired) electrons. The molecule has 4 aliphatic carbocycles. The molecule has 258 valence electrons. The van der Waals surface area contributed by atoms with E-state index in [9.17, 15) is 19.5 Å². The summed E-state index contributed by atoms with van der Waals surface area (Å²) in [4.78, 5) is 36.0. The van der Waals surface area contributed by atoms with Crippen molar-refractivity contribution in [1.82, 2.24) is 10.6 Å². The Morgan fingerprint density at radius 1 is 0.872 bits per heavy atom. The highest BCUT2D eigenvalue weighted by molar-refractivity contribution is 5.79. The van der Waals surface area contributed by atoms with E-state index in [0.29, 0.717) is 62.0 Å². The number of Topliss-reactive ketones (excluding diaryl/α,β-unsaturated/α-hetero) is 1. The van der Waals surface area contributed by atoms with Crippen molar-refractivity contribution in [1.29, 1.82) is 0 Å². The zero-order valence-electron chi connectivity index (χ0n) is 28.6. The first-order chi connectivity index (χ1) is 22.6. The fraction of sp³-hybridized carbons (Fsp3) is 0.718. The van der Waals surface area contributed by atoms with Crippen LogP contribution in [0.4, 0.5) is 9.59 Å². The van der Waals surface area contributed by atoms with Crippen LogP contribution in [0.1, 0.15) is 116 Å². The number of nitrogens with one attached hydrogen (secondary N) is 2. The number of alkyl carbamates (subject to hydrolysis) is 2. The Bertz CT molecular complexity index is 1290. The second-order valence-corrected chi connectivity index (χ2v) is 15.1. The lowest BCUT2D eigenvalue weighted by Gasteiger charge is -2.60. The van der Waals surface area contributed by atoms with E-state index in [1.165, 1.54) is 6.42 Å². The van der Waals surface area contributed by atoms with Crippen LogP contribution in [-0.2, 0) is 20.9 Å². The lowest BCUT2D eigenvalue weighted by molar-refractivity contribution is -0.147. The number of ether oxygens (including phenoxy) is 2. The molecular weight excluding hydrogens is 592 g/mol. The monoisotopic (exact) mass is 648 g/mol. The van der Waals surface area contributed by atoms with Crippen molar-refractivity contribution in [2.45, 2.75) is 122 Å². The number of benzene rings is 1. The molecule has 5 rings (SSSR count). The van der Waals surface area contributed by atoms with E-state index in [2.05, 4.69) is 36.3 Å². The van der Waals surface area contributed by atoms with Crippen molar-refractivity contribution in [3.8, 4) is 11.8 Å². The van der Waals surface area contributed by atoms with E-state index >= 15 is 0 Å². The Kier molecular flexibility index (Phi) is 11.9. The molecule has 0 bridgehead atoms. The summed E-state index contributed by atoms with van der Waals surface area (Å²) in [5.41, 5.74) is 0.0914. The van der Waals surface area contributed by atoms with Crippen LogP contribution in [0.3, 0.4) is 0 Å². The lowest BCUT2D eigenvalue weighted by Crippen LogP contribution is -2.56. The third-order valence-electron chi connectivity index (χ3n) is 12.5. The molecule has 2 amide bonds. The Balaban J connectivity index is 0.916. The molecule has 8 heteroatoms. The Morgan fingerprint density at radius 3 is 2.32 bits per heavy atom. The van der Waals surface area contributed by atoms with Crippen molar-refractivity contribution < 1.29 is 29.0 Å². The van der Waals surface area contributed by atoms with E-state index in [0.717, 1.165) is 82.6 Å². The molecule has 4 fully saturated rings. The third-order valence-corrected chi connectivity index (χ3v) is 12.5. The molecule has 0 spiro atoms. The number of unbranched alkanes of at least 4 members (excludes halogenated alkanes) is 4. The first kappa shape index (κ1) is 35.3. The Morgan fingerprint density at radius 2 is 1.57 bits per heavy atom. The van der Waals surface area contributed by atoms with Gasteiger partial charge in [-0.1, -0.05) is 62.9 Å². The summed E-state index contributed by atoms with van der Waals surface area (Å²) < 4.78 is 10.5. The summed E-state index contributed by atoms with van der Waals surface area (Å²) in [6.45, 7) is 6.42. The van der Waals surface area contributed by atoms with Gasteiger partial charge in [0.05, 0.1) is 6.61 Å². The molecule has 0 aromatic heterocycles. The number of carbonyl (C=O) groups is 3. The fourth-order valence-corrected chi connectivity index (χ4v) is 9.61. The van der Waals surface area contributed by atoms with Crippen LogP contribution in [0, 0.1) is 46.3 Å². The van der Waals surface area contributed by atoms with Crippen LogP contribution >= 0.6 is 0 Å². The molecule has 1 aromatic rings. The molecule has 0 unspecified atom stereocenters. The van der Waals surface area contributed by atoms with Gasteiger partial charge in [0.25, 0.3) is 0 Å². The maximum atomic E-state index is 12.2. The van der Waals surface area contributed by atoms with Gasteiger partial charge in [0.1, 0.15) is 18.0 Å². The van der Waals surface area contributed by atoms with Gasteiger partial charge in [-0.2, -0.15) is 0 Å². The quantitative estimate of drug-likeness (QED) is 0.162. The van der Waals surface area contributed by atoms with Gasteiger partial charge in [-0.15, -0.1) is 5.92 Å². The molecule has 0 heterocycles. The number of amides is 2. The van der Waals surface area contributed by atoms with E-state index in [-0.39, 0.29) is 17.4 Å². The van der Waals surface area contributed by atoms with Gasteiger partial charge in [-0.05, 0) is 98.9 Å². The van der Waals surface area contributed by atoms with E-state index < -0.39 is 17.8 Å². The zero-order chi connectivity index (χ0) is 33.3. The summed E-state index contributed by atoms with van der Waals surface area (Å²) in [7, 11) is 0. The summed E-state index contributed by atoms with van der Waals surface area (Å²) >= 11 is 0. The van der Waals surface area contributed by atoms with Gasteiger partial charge in [-0.25, -0.2) is 9.59 Å². The average molecular weight is 649 g/mol. The van der Waals surface area contributed by atoms with Gasteiger partial charge in [0, 0.05) is 37.8 Å². The van der Waals surface area contributed by atoms with Crippen molar-refractivity contribution >= 4 is 18.0 Å². The number of fused-ring (bicyclic) bond motifs is 5. The highest BCUT2D eigenvalue weighted by Crippen LogP contribution is 2.68. The average Bonchev–Trinajstić information content (AvgIpc) is 3.33. The van der Waals surface area contributed by atoms with Crippen LogP contribution in [0.5, 0.6) is 0 Å². The molecule has 3 N–H and O–H groups in total. The predicted octanol–water partition coefficient (Wildman–Crippen LogP) is 7.33. The summed E-state index contributed by atoms with van der Waals surface area (Å²) in [5, 5.41) is 17.4. The molecule has 0 aliphatic heterocycles. The largest absolute Gasteiger partial charge is 0.450 e. The Labute approximate surface area is 281 Å². The first-order valence-corrected chi connectivity index (χ1v) is 18.2. The van der Waals surface area contributed by atoms with Gasteiger partial charge in [-0.3, -0.25) is 4.79 Å². The molecule has 47 heavy (non-hydrogen) atoms. The second-order valence-electron chi connectivity index (χ2n) is 15.1. The van der Waals surface area contributed by atoms with Crippen LogP contribution < -0.4 is 10.6 Å². The topological polar surface area (TPSA) is 114 Å². The molecular formula is C39H56N2O6. The standard InChI is InChI=1S/C39H56N2O6/c1-37-21-17-31(42)27-30(37)15-16-32-33(37)18-22-38(2)34(32)19-23-39(38,45)20-9-6-12-26-46-35(43)40-24-10-3-4-11-25-41-36(44)47-28-29-13-7-5-8-14-29/h5,7-8,13-14,30,32-34,45H,3-4,6,10-12,15-19,21-28H2,1-2H3,(H,40,43)(H,41,44)/t30-,32+,33-,34-,37-,38-,39-/m0/s1. The molecule has 0 saturated heterocycles. The highest BCUT2D eigenvalue weighted by Gasteiger charge is 2.64. The SMILES string of the molecule is C[C@]12CCC(=O)C[C@@H]1CC[C@@H]1[C@@H]2CC[C@@]2(C)[C@H]1CC[C@@]2(O)C#CCCCOC(=O)NCCCCCCNC(=O)OCc1ccccc1. The third kappa shape index (κ3) is 8.34. The van der Waals surface area contributed by atoms with Crippen LogP contribution in [0.2, 0.25) is 0 Å². The molecule has 4 aliphatic rings. The smallest absolute Gasteiger partial charge is 0.407 e. The van der Waals surface area contributed by atoms with Gasteiger partial charge in [0.2, 0.25) is 0 Å². The number of rotatable bonds is 12. The second kappa shape index (κ2) is 15.9.